The van der Waals surface area contributed by atoms with Crippen LogP contribution in [0.5, 0.6) is 11.5 Å². The molecule has 4 aliphatic rings. The van der Waals surface area contributed by atoms with Crippen molar-refractivity contribution in [3.63, 3.8) is 0 Å². The van der Waals surface area contributed by atoms with Crippen molar-refractivity contribution < 1.29 is 43.5 Å². The third-order valence-corrected chi connectivity index (χ3v) is 11.8. The summed E-state index contributed by atoms with van der Waals surface area (Å²) in [5, 5.41) is 24.5. The van der Waals surface area contributed by atoms with Crippen molar-refractivity contribution in [2.24, 2.45) is 22.9 Å². The molecule has 2 aliphatic heterocycles. The molecule has 1 saturated heterocycles. The Labute approximate surface area is 344 Å². The number of nitrogens with zero attached hydrogens (tertiary/aromatic N) is 3. The molecule has 0 bridgehead atoms. The molecule has 2 aromatic carbocycles. The number of allylic oxidation sites excluding steroid dienone is 1. The predicted molar refractivity (Wildman–Crippen MR) is 223 cm³/mol. The normalized spacial score (nSPS) is 25.2. The number of ether oxygens (including phenoxy) is 5. The quantitative estimate of drug-likeness (QED) is 0.0464. The number of oxime groups is 1. The number of fused-ring (bicyclic) bond motifs is 2. The smallest absolute Gasteiger partial charge is 0.410 e. The van der Waals surface area contributed by atoms with Gasteiger partial charge in [-0.1, -0.05) is 67.4 Å². The summed E-state index contributed by atoms with van der Waals surface area (Å²) in [6, 6.07) is 15.4. The number of benzene rings is 2. The van der Waals surface area contributed by atoms with E-state index in [0.717, 1.165) is 73.5 Å². The van der Waals surface area contributed by atoms with Crippen molar-refractivity contribution in [3.8, 4) is 11.5 Å². The van der Waals surface area contributed by atoms with Crippen molar-refractivity contribution in [1.29, 1.82) is 0 Å². The average Bonchev–Trinajstić information content (AvgIpc) is 4.07. The Morgan fingerprint density at radius 1 is 1.03 bits per heavy atom. The zero-order chi connectivity index (χ0) is 40.7. The first kappa shape index (κ1) is 43.6. The minimum atomic E-state index is -1.34. The second-order valence-electron chi connectivity index (χ2n) is 15.7. The Hall–Kier alpha value is -3.94. The summed E-state index contributed by atoms with van der Waals surface area (Å²) in [4.78, 5) is 24.3. The first-order valence-electron chi connectivity index (χ1n) is 21.6. The van der Waals surface area contributed by atoms with Crippen LogP contribution in [0, 0.1) is 17.8 Å². The third kappa shape index (κ3) is 10.6. The highest BCUT2D eigenvalue weighted by molar-refractivity contribution is 6.03. The predicted octanol–water partition coefficient (Wildman–Crippen LogP) is 7.10. The van der Waals surface area contributed by atoms with Crippen LogP contribution in [0.4, 0.5) is 4.79 Å². The zero-order valence-corrected chi connectivity index (χ0v) is 34.6. The van der Waals surface area contributed by atoms with Gasteiger partial charge in [0.1, 0.15) is 37.4 Å². The minimum absolute atomic E-state index is 0.0862. The highest BCUT2D eigenvalue weighted by Gasteiger charge is 2.65. The van der Waals surface area contributed by atoms with Gasteiger partial charge in [0.25, 0.3) is 0 Å². The summed E-state index contributed by atoms with van der Waals surface area (Å²) in [7, 11) is 0. The van der Waals surface area contributed by atoms with Gasteiger partial charge in [-0.2, -0.15) is 0 Å². The van der Waals surface area contributed by atoms with Crippen LogP contribution in [0.1, 0.15) is 82.3 Å². The third-order valence-electron chi connectivity index (χ3n) is 11.8. The molecule has 2 aliphatic carbocycles. The van der Waals surface area contributed by atoms with Gasteiger partial charge in [0, 0.05) is 57.3 Å². The lowest BCUT2D eigenvalue weighted by atomic mass is 9.55. The molecule has 0 radical (unpaired) electrons. The summed E-state index contributed by atoms with van der Waals surface area (Å²) in [6.45, 7) is 13.7. The van der Waals surface area contributed by atoms with Gasteiger partial charge in [0.15, 0.2) is 0 Å². The fourth-order valence-corrected chi connectivity index (χ4v) is 9.12. The van der Waals surface area contributed by atoms with E-state index in [4.69, 9.17) is 33.7 Å². The van der Waals surface area contributed by atoms with Crippen molar-refractivity contribution in [2.75, 3.05) is 72.4 Å². The molecule has 0 aromatic heterocycles. The maximum absolute atomic E-state index is 14.4. The molecule has 12 heteroatoms. The molecule has 1 amide bonds. The van der Waals surface area contributed by atoms with Gasteiger partial charge in [0.05, 0.1) is 31.5 Å². The van der Waals surface area contributed by atoms with E-state index in [2.05, 4.69) is 23.6 Å². The second kappa shape index (κ2) is 21.9. The van der Waals surface area contributed by atoms with Gasteiger partial charge in [-0.3, -0.25) is 9.80 Å². The molecule has 2 aromatic rings. The molecule has 2 N–H and O–H groups in total. The van der Waals surface area contributed by atoms with E-state index >= 15 is 0 Å². The fraction of sp³-hybridized carbons (Fsp3) is 0.609. The van der Waals surface area contributed by atoms with Gasteiger partial charge < -0.3 is 38.7 Å². The van der Waals surface area contributed by atoms with E-state index in [1.165, 1.54) is 0 Å². The van der Waals surface area contributed by atoms with Crippen molar-refractivity contribution in [3.05, 3.63) is 84.0 Å². The number of aliphatic hydroxyl groups is 2. The first-order chi connectivity index (χ1) is 28.5. The summed E-state index contributed by atoms with van der Waals surface area (Å²) in [6.07, 6.45) is 9.46. The number of carbonyl (C=O) groups is 1. The number of hydrogen-bond donors (Lipinski definition) is 2. The Morgan fingerprint density at radius 3 is 2.55 bits per heavy atom. The monoisotopic (exact) mass is 803 g/mol. The van der Waals surface area contributed by atoms with Gasteiger partial charge in [-0.25, -0.2) is 4.79 Å². The van der Waals surface area contributed by atoms with Gasteiger partial charge in [-0.15, -0.1) is 6.58 Å². The van der Waals surface area contributed by atoms with Crippen LogP contribution in [-0.4, -0.2) is 116 Å². The summed E-state index contributed by atoms with van der Waals surface area (Å²) in [5.74, 6) is -0.0989. The minimum Gasteiger partial charge on any atom is -0.492 e. The topological polar surface area (TPSA) is 132 Å². The largest absolute Gasteiger partial charge is 0.492 e. The van der Waals surface area contributed by atoms with Crippen LogP contribution >= 0.6 is 0 Å². The Morgan fingerprint density at radius 2 is 1.83 bits per heavy atom. The Balaban J connectivity index is 1.42. The molecule has 6 atom stereocenters. The van der Waals surface area contributed by atoms with E-state index in [9.17, 15) is 15.0 Å². The lowest BCUT2D eigenvalue weighted by molar-refractivity contribution is -0.255. The standard InChI is InChI=1S/C46H65N3O9/c1-4-20-49(45(52)55-29-28-53-33-34-14-8-7-9-15-34)42-32-40(47-57-6-3)38-30-35(16-10-12-24-50)37(17-11-13-25-51)43-39-31-36(54-27-23-48-21-22-48)18-19-41(39)58-46(42,44(38)43)56-26-5-2/h5,7-9,14-15,18-19,30-31,35,37,42-44,50-51H,2,4,6,10-13,16-17,20-29,32-33H2,1,3H3/t35-,37+,42-,43+,44+,46+/m0/s1. The van der Waals surface area contributed by atoms with Gasteiger partial charge >= 0.3 is 6.09 Å². The van der Waals surface area contributed by atoms with Crippen LogP contribution in [0.3, 0.4) is 0 Å². The van der Waals surface area contributed by atoms with Crippen molar-refractivity contribution in [2.45, 2.75) is 89.6 Å². The van der Waals surface area contributed by atoms with Crippen molar-refractivity contribution in [1.82, 2.24) is 9.80 Å². The molecular weight excluding hydrogens is 739 g/mol. The Kier molecular flexibility index (Phi) is 16.5. The number of amides is 1. The molecule has 1 saturated carbocycles. The maximum atomic E-state index is 14.4. The fourth-order valence-electron chi connectivity index (χ4n) is 9.12. The number of carbonyl (C=O) groups excluding carboxylic acids is 1. The van der Waals surface area contributed by atoms with Gasteiger partial charge in [-0.05, 0) is 80.2 Å². The summed E-state index contributed by atoms with van der Waals surface area (Å²) >= 11 is 0. The van der Waals surface area contributed by atoms with Gasteiger partial charge in [0.2, 0.25) is 5.79 Å². The lowest BCUT2D eigenvalue weighted by Crippen LogP contribution is -2.70. The second-order valence-corrected chi connectivity index (χ2v) is 15.7. The SMILES string of the molecule is C=CCO[C@@]12Oc3ccc(OCCN4CC4)cc3[C@H]3[C@H](CCCCO)[C@@H](CCCCO)C=C(C(=NOCC)C[C@@H]1N(CCC)C(=O)OCCOCc1ccccc1)[C@H]32. The molecule has 0 spiro atoms. The average molecular weight is 804 g/mol. The Bertz CT molecular complexity index is 1670. The van der Waals surface area contributed by atoms with E-state index < -0.39 is 17.9 Å². The van der Waals surface area contributed by atoms with E-state index in [1.54, 1.807) is 11.0 Å². The van der Waals surface area contributed by atoms with Crippen molar-refractivity contribution >= 4 is 11.8 Å². The molecule has 58 heavy (non-hydrogen) atoms. The first-order valence-corrected chi connectivity index (χ1v) is 21.6. The lowest BCUT2D eigenvalue weighted by Gasteiger charge is -2.59. The number of aliphatic hydroxyl groups excluding tert-OH is 2. The van der Waals surface area contributed by atoms with Crippen LogP contribution in [0.15, 0.2) is 78.0 Å². The number of hydrogen-bond acceptors (Lipinski definition) is 11. The number of unbranched alkanes of at least 4 members (excludes halogenated alkanes) is 2. The molecule has 12 nitrogen and oxygen atoms in total. The molecule has 6 rings (SSSR count). The number of rotatable bonds is 25. The molecule has 2 heterocycles. The maximum Gasteiger partial charge on any atom is 0.410 e. The highest BCUT2D eigenvalue weighted by Crippen LogP contribution is 2.62. The molecule has 0 unspecified atom stereocenters. The summed E-state index contributed by atoms with van der Waals surface area (Å²) in [5.41, 5.74) is 3.85. The summed E-state index contributed by atoms with van der Waals surface area (Å²) < 4.78 is 32.5. The van der Waals surface area contributed by atoms with Crippen LogP contribution < -0.4 is 9.47 Å². The molecule has 318 valence electrons. The van der Waals surface area contributed by atoms with Crippen LogP contribution in [0.25, 0.3) is 0 Å². The van der Waals surface area contributed by atoms with E-state index in [-0.39, 0.29) is 56.7 Å². The van der Waals surface area contributed by atoms with E-state index in [0.29, 0.717) is 57.8 Å². The van der Waals surface area contributed by atoms with Crippen LogP contribution in [0.2, 0.25) is 0 Å². The zero-order valence-electron chi connectivity index (χ0n) is 34.6. The molecule has 2 fully saturated rings. The highest BCUT2D eigenvalue weighted by atomic mass is 16.7. The molecular formula is C46H65N3O9. The van der Waals surface area contributed by atoms with E-state index in [1.807, 2.05) is 56.3 Å². The van der Waals surface area contributed by atoms with Crippen LogP contribution in [-0.2, 0) is 25.7 Å².